The molecule has 10 heteroatoms. The molecule has 0 aliphatic rings. The first kappa shape index (κ1) is 22.6. The van der Waals surface area contributed by atoms with Crippen molar-refractivity contribution in [3.63, 3.8) is 0 Å². The van der Waals surface area contributed by atoms with Crippen molar-refractivity contribution in [3.05, 3.63) is 35.1 Å². The molecular weight excluding hydrogens is 428 g/mol. The van der Waals surface area contributed by atoms with Crippen molar-refractivity contribution in [3.8, 4) is 5.95 Å². The minimum absolute atomic E-state index is 0.247. The van der Waals surface area contributed by atoms with Crippen LogP contribution < -0.4 is 0 Å². The normalized spacial score (nSPS) is 11.5. The Balaban J connectivity index is 2.04. The Labute approximate surface area is 184 Å². The second kappa shape index (κ2) is 10.3. The fourth-order valence-electron chi connectivity index (χ4n) is 2.81. The van der Waals surface area contributed by atoms with Crippen LogP contribution in [0.4, 0.5) is 0 Å². The fourth-order valence-corrected chi connectivity index (χ4v) is 3.96. The molecule has 2 heterocycles. The number of hydrogen-bond donors (Lipinski definition) is 0. The van der Waals surface area contributed by atoms with Crippen molar-refractivity contribution in [1.29, 1.82) is 0 Å². The maximum absolute atomic E-state index is 12.0. The zero-order valence-electron chi connectivity index (χ0n) is 17.4. The van der Waals surface area contributed by atoms with Gasteiger partial charge in [0.25, 0.3) is 0 Å². The van der Waals surface area contributed by atoms with Gasteiger partial charge in [-0.25, -0.2) is 14.5 Å². The number of esters is 1. The summed E-state index contributed by atoms with van der Waals surface area (Å²) >= 11 is 8.16. The third-order valence-corrected chi connectivity index (χ3v) is 5.58. The van der Waals surface area contributed by atoms with Crippen LogP contribution in [0.3, 0.4) is 0 Å². The number of nitrogens with zero attached hydrogens (tertiary/aromatic N) is 4. The SMILES string of the molecule is CCOC(=O)c1cnn(-c2nc3cc(Cl)c(SC(C)C)cc3n2COCCOC)c1. The summed E-state index contributed by atoms with van der Waals surface area (Å²) in [4.78, 5) is 17.7. The second-order valence-corrected chi connectivity index (χ2v) is 8.73. The number of thioether (sulfide) groups is 1. The molecule has 0 unspecified atom stereocenters. The number of imidazole rings is 1. The van der Waals surface area contributed by atoms with Crippen molar-refractivity contribution in [2.75, 3.05) is 26.9 Å². The molecule has 0 radical (unpaired) electrons. The first-order valence-electron chi connectivity index (χ1n) is 9.59. The predicted molar refractivity (Wildman–Crippen MR) is 117 cm³/mol. The van der Waals surface area contributed by atoms with Gasteiger partial charge in [0.15, 0.2) is 0 Å². The molecule has 162 valence electrons. The molecule has 0 aliphatic heterocycles. The number of fused-ring (bicyclic) bond motifs is 1. The number of halogens is 1. The molecule has 0 aliphatic carbocycles. The lowest BCUT2D eigenvalue weighted by Crippen LogP contribution is -2.12. The highest BCUT2D eigenvalue weighted by Gasteiger charge is 2.18. The van der Waals surface area contributed by atoms with Gasteiger partial charge in [0, 0.05) is 23.5 Å². The summed E-state index contributed by atoms with van der Waals surface area (Å²) in [6.45, 7) is 7.45. The third kappa shape index (κ3) is 5.15. The number of hydrogen-bond acceptors (Lipinski definition) is 7. The molecule has 0 bridgehead atoms. The van der Waals surface area contributed by atoms with E-state index in [0.29, 0.717) is 47.1 Å². The highest BCUT2D eigenvalue weighted by Crippen LogP contribution is 2.34. The molecule has 30 heavy (non-hydrogen) atoms. The average molecular weight is 453 g/mol. The molecule has 8 nitrogen and oxygen atoms in total. The molecule has 3 rings (SSSR count). The van der Waals surface area contributed by atoms with E-state index in [9.17, 15) is 4.79 Å². The van der Waals surface area contributed by atoms with E-state index in [2.05, 4.69) is 23.9 Å². The molecule has 0 saturated heterocycles. The molecule has 0 spiro atoms. The van der Waals surface area contributed by atoms with Crippen LogP contribution in [-0.2, 0) is 20.9 Å². The van der Waals surface area contributed by atoms with E-state index in [1.54, 1.807) is 32.0 Å². The monoisotopic (exact) mass is 452 g/mol. The largest absolute Gasteiger partial charge is 0.462 e. The minimum atomic E-state index is -0.429. The van der Waals surface area contributed by atoms with Crippen LogP contribution >= 0.6 is 23.4 Å². The third-order valence-electron chi connectivity index (χ3n) is 4.10. The van der Waals surface area contributed by atoms with Crippen LogP contribution in [-0.4, -0.2) is 57.5 Å². The standard InChI is InChI=1S/C20H25ClN4O4S/c1-5-29-19(26)14-10-22-25(11-14)20-23-16-8-15(21)18(30-13(2)3)9-17(16)24(20)12-28-7-6-27-4/h8-11,13H,5-7,12H2,1-4H3. The molecule has 0 amide bonds. The van der Waals surface area contributed by atoms with Gasteiger partial charge in [-0.3, -0.25) is 4.57 Å². The molecular formula is C20H25ClN4O4S. The fraction of sp³-hybridized carbons (Fsp3) is 0.450. The second-order valence-electron chi connectivity index (χ2n) is 6.70. The van der Waals surface area contributed by atoms with Crippen LogP contribution in [0.2, 0.25) is 5.02 Å². The highest BCUT2D eigenvalue weighted by atomic mass is 35.5. The summed E-state index contributed by atoms with van der Waals surface area (Å²) in [5, 5.41) is 5.32. The molecule has 0 N–H and O–H groups in total. The molecule has 1 aromatic carbocycles. The zero-order valence-corrected chi connectivity index (χ0v) is 19.0. The van der Waals surface area contributed by atoms with E-state index >= 15 is 0 Å². The zero-order chi connectivity index (χ0) is 21.7. The Hall–Kier alpha value is -2.07. The van der Waals surface area contributed by atoms with Crippen molar-refractivity contribution in [2.45, 2.75) is 37.6 Å². The van der Waals surface area contributed by atoms with Crippen molar-refractivity contribution in [1.82, 2.24) is 19.3 Å². The molecule has 3 aromatic rings. The van der Waals surface area contributed by atoms with Crippen molar-refractivity contribution in [2.24, 2.45) is 0 Å². The smallest absolute Gasteiger partial charge is 0.341 e. The number of ether oxygens (including phenoxy) is 3. The van der Waals surface area contributed by atoms with Crippen molar-refractivity contribution < 1.29 is 19.0 Å². The molecule has 0 fully saturated rings. The Morgan fingerprint density at radius 2 is 2.10 bits per heavy atom. The summed E-state index contributed by atoms with van der Waals surface area (Å²) in [5.41, 5.74) is 1.93. The molecule has 2 aromatic heterocycles. The Morgan fingerprint density at radius 3 is 2.80 bits per heavy atom. The van der Waals surface area contributed by atoms with Gasteiger partial charge in [0.2, 0.25) is 5.95 Å². The Bertz CT molecular complexity index is 1020. The Morgan fingerprint density at radius 1 is 1.30 bits per heavy atom. The van der Waals surface area contributed by atoms with Crippen LogP contribution in [0.15, 0.2) is 29.4 Å². The van der Waals surface area contributed by atoms with Gasteiger partial charge in [-0.05, 0) is 19.1 Å². The summed E-state index contributed by atoms with van der Waals surface area (Å²) in [7, 11) is 1.62. The topological polar surface area (TPSA) is 80.4 Å². The number of methoxy groups -OCH3 is 1. The van der Waals surface area contributed by atoms with Gasteiger partial charge in [-0.2, -0.15) is 5.10 Å². The van der Waals surface area contributed by atoms with Gasteiger partial charge >= 0.3 is 5.97 Å². The lowest BCUT2D eigenvalue weighted by atomic mass is 10.3. The first-order chi connectivity index (χ1) is 14.4. The minimum Gasteiger partial charge on any atom is -0.462 e. The van der Waals surface area contributed by atoms with Gasteiger partial charge < -0.3 is 14.2 Å². The van der Waals surface area contributed by atoms with Gasteiger partial charge in [0.1, 0.15) is 6.73 Å². The van der Waals surface area contributed by atoms with Gasteiger partial charge in [-0.1, -0.05) is 25.4 Å². The summed E-state index contributed by atoms with van der Waals surface area (Å²) in [5.74, 6) is 0.0853. The van der Waals surface area contributed by atoms with E-state index in [0.717, 1.165) is 10.4 Å². The van der Waals surface area contributed by atoms with Gasteiger partial charge in [0.05, 0.1) is 47.6 Å². The Kier molecular flexibility index (Phi) is 7.76. The number of benzene rings is 1. The highest BCUT2D eigenvalue weighted by molar-refractivity contribution is 8.00. The lowest BCUT2D eigenvalue weighted by Gasteiger charge is -2.11. The summed E-state index contributed by atoms with van der Waals surface area (Å²) < 4.78 is 19.3. The predicted octanol–water partition coefficient (Wildman–Crippen LogP) is 4.17. The number of carbonyl (C=O) groups excluding carboxylic acids is 1. The van der Waals surface area contributed by atoms with E-state index in [1.807, 2.05) is 16.7 Å². The molecule has 0 saturated carbocycles. The van der Waals surface area contributed by atoms with Crippen molar-refractivity contribution >= 4 is 40.4 Å². The van der Waals surface area contributed by atoms with E-state index in [4.69, 9.17) is 25.8 Å². The van der Waals surface area contributed by atoms with Crippen LogP contribution in [0.5, 0.6) is 0 Å². The van der Waals surface area contributed by atoms with E-state index in [-0.39, 0.29) is 6.73 Å². The first-order valence-corrected chi connectivity index (χ1v) is 10.9. The maximum atomic E-state index is 12.0. The summed E-state index contributed by atoms with van der Waals surface area (Å²) in [6.07, 6.45) is 3.05. The number of aromatic nitrogens is 4. The number of rotatable bonds is 10. The quantitative estimate of drug-likeness (QED) is 0.259. The maximum Gasteiger partial charge on any atom is 0.341 e. The van der Waals surface area contributed by atoms with Gasteiger partial charge in [-0.15, -0.1) is 11.8 Å². The average Bonchev–Trinajstić information content (AvgIpc) is 3.31. The number of carbonyl (C=O) groups is 1. The van der Waals surface area contributed by atoms with Crippen LogP contribution in [0.1, 0.15) is 31.1 Å². The van der Waals surface area contributed by atoms with Crippen LogP contribution in [0, 0.1) is 0 Å². The van der Waals surface area contributed by atoms with Crippen LogP contribution in [0.25, 0.3) is 17.0 Å². The molecule has 0 atom stereocenters. The lowest BCUT2D eigenvalue weighted by molar-refractivity contribution is 0.0356. The van der Waals surface area contributed by atoms with E-state index in [1.165, 1.54) is 10.9 Å². The van der Waals surface area contributed by atoms with E-state index < -0.39 is 5.97 Å². The summed E-state index contributed by atoms with van der Waals surface area (Å²) in [6, 6.07) is 3.85.